The summed E-state index contributed by atoms with van der Waals surface area (Å²) in [5, 5.41) is 6.58. The van der Waals surface area contributed by atoms with E-state index in [0.29, 0.717) is 24.0 Å². The zero-order valence-corrected chi connectivity index (χ0v) is 16.4. The maximum atomic E-state index is 13.8. The molecule has 0 amide bonds. The molecular weight excluding hydrogens is 329 g/mol. The standard InChI is InChI=1S/C20H30FN5/c1-6-22-20(24-12-19-23-9-10-26(19)13-14(2)3)25-16(5)17-8-7-15(4)18(21)11-17/h7-11,14,16H,6,12-13H2,1-5H3,(H2,22,24,25). The van der Waals surface area contributed by atoms with Crippen molar-refractivity contribution in [3.05, 3.63) is 53.4 Å². The van der Waals surface area contributed by atoms with E-state index in [0.717, 1.165) is 24.5 Å². The molecule has 2 aromatic rings. The molecule has 1 aromatic carbocycles. The third-order valence-corrected chi connectivity index (χ3v) is 4.14. The van der Waals surface area contributed by atoms with E-state index in [1.807, 2.05) is 32.3 Å². The Morgan fingerprint density at radius 3 is 2.73 bits per heavy atom. The summed E-state index contributed by atoms with van der Waals surface area (Å²) < 4.78 is 16.0. The molecule has 1 unspecified atom stereocenters. The second-order valence-electron chi connectivity index (χ2n) is 6.96. The first-order valence-corrected chi connectivity index (χ1v) is 9.21. The average molecular weight is 359 g/mol. The number of aliphatic imine (C=N–C) groups is 1. The van der Waals surface area contributed by atoms with Crippen molar-refractivity contribution in [3.63, 3.8) is 0 Å². The van der Waals surface area contributed by atoms with Gasteiger partial charge in [-0.25, -0.2) is 14.4 Å². The van der Waals surface area contributed by atoms with Gasteiger partial charge in [0, 0.05) is 25.5 Å². The summed E-state index contributed by atoms with van der Waals surface area (Å²) in [6.45, 7) is 12.3. The van der Waals surface area contributed by atoms with Crippen LogP contribution in [0.2, 0.25) is 0 Å². The lowest BCUT2D eigenvalue weighted by atomic mass is 10.1. The summed E-state index contributed by atoms with van der Waals surface area (Å²) in [6, 6.07) is 5.26. The second kappa shape index (κ2) is 9.36. The summed E-state index contributed by atoms with van der Waals surface area (Å²) >= 11 is 0. The van der Waals surface area contributed by atoms with Crippen LogP contribution < -0.4 is 10.6 Å². The van der Waals surface area contributed by atoms with Crippen molar-refractivity contribution in [1.82, 2.24) is 20.2 Å². The highest BCUT2D eigenvalue weighted by Gasteiger charge is 2.10. The highest BCUT2D eigenvalue weighted by atomic mass is 19.1. The van der Waals surface area contributed by atoms with Crippen LogP contribution in [-0.4, -0.2) is 22.1 Å². The van der Waals surface area contributed by atoms with Crippen molar-refractivity contribution in [2.75, 3.05) is 6.54 Å². The highest BCUT2D eigenvalue weighted by molar-refractivity contribution is 5.80. The Hall–Kier alpha value is -2.37. The van der Waals surface area contributed by atoms with E-state index in [-0.39, 0.29) is 11.9 Å². The van der Waals surface area contributed by atoms with Gasteiger partial charge in [0.25, 0.3) is 0 Å². The zero-order chi connectivity index (χ0) is 19.1. The van der Waals surface area contributed by atoms with E-state index in [1.165, 1.54) is 0 Å². The molecule has 26 heavy (non-hydrogen) atoms. The number of guanidine groups is 1. The molecule has 0 saturated heterocycles. The second-order valence-corrected chi connectivity index (χ2v) is 6.96. The fourth-order valence-corrected chi connectivity index (χ4v) is 2.69. The van der Waals surface area contributed by atoms with Gasteiger partial charge in [-0.15, -0.1) is 0 Å². The molecule has 0 aliphatic heterocycles. The van der Waals surface area contributed by atoms with Crippen molar-refractivity contribution < 1.29 is 4.39 Å². The maximum Gasteiger partial charge on any atom is 0.192 e. The first kappa shape index (κ1) is 19.9. The summed E-state index contributed by atoms with van der Waals surface area (Å²) in [5.74, 6) is 1.99. The third-order valence-electron chi connectivity index (χ3n) is 4.14. The maximum absolute atomic E-state index is 13.8. The number of aromatic nitrogens is 2. The zero-order valence-electron chi connectivity index (χ0n) is 16.4. The van der Waals surface area contributed by atoms with Crippen molar-refractivity contribution in [2.24, 2.45) is 10.9 Å². The van der Waals surface area contributed by atoms with Gasteiger partial charge in [-0.2, -0.15) is 0 Å². The number of hydrogen-bond donors (Lipinski definition) is 2. The van der Waals surface area contributed by atoms with Crippen molar-refractivity contribution in [2.45, 2.75) is 53.8 Å². The topological polar surface area (TPSA) is 54.2 Å². The van der Waals surface area contributed by atoms with Crippen LogP contribution in [0.1, 0.15) is 50.7 Å². The van der Waals surface area contributed by atoms with Gasteiger partial charge in [0.1, 0.15) is 18.2 Å². The molecule has 0 aliphatic carbocycles. The van der Waals surface area contributed by atoms with E-state index in [9.17, 15) is 4.39 Å². The molecule has 1 heterocycles. The predicted molar refractivity (Wildman–Crippen MR) is 105 cm³/mol. The lowest BCUT2D eigenvalue weighted by molar-refractivity contribution is 0.507. The molecule has 0 bridgehead atoms. The van der Waals surface area contributed by atoms with Crippen molar-refractivity contribution in [3.8, 4) is 0 Å². The summed E-state index contributed by atoms with van der Waals surface area (Å²) in [7, 11) is 0. The van der Waals surface area contributed by atoms with E-state index < -0.39 is 0 Å². The molecular formula is C20H30FN5. The van der Waals surface area contributed by atoms with E-state index in [2.05, 4.69) is 39.0 Å². The van der Waals surface area contributed by atoms with Crippen LogP contribution in [0.5, 0.6) is 0 Å². The minimum absolute atomic E-state index is 0.0571. The molecule has 1 atom stereocenters. The third kappa shape index (κ3) is 5.58. The summed E-state index contributed by atoms with van der Waals surface area (Å²) in [5.41, 5.74) is 1.54. The minimum Gasteiger partial charge on any atom is -0.357 e. The molecule has 2 rings (SSSR count). The average Bonchev–Trinajstić information content (AvgIpc) is 3.01. The first-order chi connectivity index (χ1) is 12.4. The Labute approximate surface area is 155 Å². The van der Waals surface area contributed by atoms with Gasteiger partial charge >= 0.3 is 0 Å². The molecule has 0 saturated carbocycles. The molecule has 0 fully saturated rings. The Bertz CT molecular complexity index is 736. The molecule has 2 N–H and O–H groups in total. The van der Waals surface area contributed by atoms with Crippen LogP contribution in [0.25, 0.3) is 0 Å². The first-order valence-electron chi connectivity index (χ1n) is 9.21. The predicted octanol–water partition coefficient (Wildman–Crippen LogP) is 3.80. The normalized spacial score (nSPS) is 13.1. The van der Waals surface area contributed by atoms with Crippen LogP contribution in [0.4, 0.5) is 4.39 Å². The molecule has 1 aromatic heterocycles. The number of hydrogen-bond acceptors (Lipinski definition) is 2. The molecule has 6 heteroatoms. The molecule has 5 nitrogen and oxygen atoms in total. The number of nitrogens with zero attached hydrogens (tertiary/aromatic N) is 3. The number of imidazole rings is 1. The van der Waals surface area contributed by atoms with Gasteiger partial charge in [-0.05, 0) is 43.9 Å². The highest BCUT2D eigenvalue weighted by Crippen LogP contribution is 2.16. The SMILES string of the molecule is CCNC(=NCc1nccn1CC(C)C)NC(C)c1ccc(C)c(F)c1. The van der Waals surface area contributed by atoms with E-state index >= 15 is 0 Å². The fourth-order valence-electron chi connectivity index (χ4n) is 2.69. The van der Waals surface area contributed by atoms with Crippen LogP contribution in [0.3, 0.4) is 0 Å². The lowest BCUT2D eigenvalue weighted by Crippen LogP contribution is -2.38. The molecule has 142 valence electrons. The fraction of sp³-hybridized carbons (Fsp3) is 0.500. The Morgan fingerprint density at radius 2 is 2.08 bits per heavy atom. The monoisotopic (exact) mass is 359 g/mol. The van der Waals surface area contributed by atoms with Gasteiger partial charge in [0.15, 0.2) is 5.96 Å². The Kier molecular flexibility index (Phi) is 7.18. The molecule has 0 aliphatic rings. The Morgan fingerprint density at radius 1 is 1.31 bits per heavy atom. The number of benzene rings is 1. The van der Waals surface area contributed by atoms with E-state index in [1.54, 1.807) is 19.1 Å². The smallest absolute Gasteiger partial charge is 0.192 e. The van der Waals surface area contributed by atoms with Crippen LogP contribution in [0, 0.1) is 18.7 Å². The van der Waals surface area contributed by atoms with E-state index in [4.69, 9.17) is 0 Å². The largest absolute Gasteiger partial charge is 0.357 e. The number of rotatable bonds is 7. The van der Waals surface area contributed by atoms with Gasteiger partial charge in [-0.1, -0.05) is 26.0 Å². The van der Waals surface area contributed by atoms with Gasteiger partial charge in [-0.3, -0.25) is 0 Å². The lowest BCUT2D eigenvalue weighted by Gasteiger charge is -2.18. The summed E-state index contributed by atoms with van der Waals surface area (Å²) in [4.78, 5) is 9.06. The van der Waals surface area contributed by atoms with Crippen LogP contribution in [0.15, 0.2) is 35.6 Å². The van der Waals surface area contributed by atoms with Gasteiger partial charge in [0.05, 0.1) is 6.04 Å². The Balaban J connectivity index is 2.08. The van der Waals surface area contributed by atoms with Crippen molar-refractivity contribution in [1.29, 1.82) is 0 Å². The number of halogens is 1. The van der Waals surface area contributed by atoms with Crippen LogP contribution in [-0.2, 0) is 13.1 Å². The number of nitrogens with one attached hydrogen (secondary N) is 2. The quantitative estimate of drug-likeness (QED) is 0.584. The van der Waals surface area contributed by atoms with Gasteiger partial charge < -0.3 is 15.2 Å². The molecule has 0 spiro atoms. The summed E-state index contributed by atoms with van der Waals surface area (Å²) in [6.07, 6.45) is 3.80. The minimum atomic E-state index is -0.186. The van der Waals surface area contributed by atoms with Gasteiger partial charge in [0.2, 0.25) is 0 Å². The van der Waals surface area contributed by atoms with Crippen LogP contribution >= 0.6 is 0 Å². The molecule has 0 radical (unpaired) electrons. The number of aryl methyl sites for hydroxylation is 1. The van der Waals surface area contributed by atoms with Crippen molar-refractivity contribution >= 4 is 5.96 Å².